The Labute approximate surface area is 158 Å². The Balaban J connectivity index is 1.91. The van der Waals surface area contributed by atoms with Crippen molar-refractivity contribution in [2.24, 2.45) is 0 Å². The standard InChI is InChI=1S/C17H11Cl2NO3S2/c18-12-3-1-11(2-4-12)16(21)20-17-15(9-10-24-17)25(22,23)14-7-5-13(19)6-8-14/h1-10H,(H,20,21). The van der Waals surface area contributed by atoms with E-state index in [4.69, 9.17) is 23.2 Å². The van der Waals surface area contributed by atoms with E-state index < -0.39 is 15.7 Å². The van der Waals surface area contributed by atoms with E-state index >= 15 is 0 Å². The fourth-order valence-corrected chi connectivity index (χ4v) is 4.90. The third-order valence-electron chi connectivity index (χ3n) is 3.38. The van der Waals surface area contributed by atoms with Gasteiger partial charge in [-0.2, -0.15) is 0 Å². The summed E-state index contributed by atoms with van der Waals surface area (Å²) >= 11 is 12.7. The van der Waals surface area contributed by atoms with Crippen molar-refractivity contribution in [3.63, 3.8) is 0 Å². The highest BCUT2D eigenvalue weighted by Crippen LogP contribution is 2.33. The molecule has 25 heavy (non-hydrogen) atoms. The average Bonchev–Trinajstić information content (AvgIpc) is 3.05. The van der Waals surface area contributed by atoms with Gasteiger partial charge in [0.1, 0.15) is 9.90 Å². The second-order valence-corrected chi connectivity index (χ2v) is 8.74. The average molecular weight is 412 g/mol. The quantitative estimate of drug-likeness (QED) is 0.646. The number of carbonyl (C=O) groups excluding carboxylic acids is 1. The smallest absolute Gasteiger partial charge is 0.256 e. The number of sulfone groups is 1. The molecule has 4 nitrogen and oxygen atoms in total. The number of rotatable bonds is 4. The van der Waals surface area contributed by atoms with Gasteiger partial charge in [-0.1, -0.05) is 23.2 Å². The Morgan fingerprint density at radius 1 is 0.880 bits per heavy atom. The molecule has 3 aromatic rings. The van der Waals surface area contributed by atoms with E-state index in [0.717, 1.165) is 11.3 Å². The molecule has 0 spiro atoms. The molecular formula is C17H11Cl2NO3S2. The molecule has 1 aromatic heterocycles. The highest BCUT2D eigenvalue weighted by atomic mass is 35.5. The molecule has 0 saturated carbocycles. The van der Waals surface area contributed by atoms with Gasteiger partial charge in [0.2, 0.25) is 9.84 Å². The third-order valence-corrected chi connectivity index (χ3v) is 6.65. The lowest BCUT2D eigenvalue weighted by molar-refractivity contribution is 0.102. The van der Waals surface area contributed by atoms with E-state index in [1.54, 1.807) is 29.6 Å². The number of carbonyl (C=O) groups is 1. The second kappa shape index (κ2) is 7.17. The van der Waals surface area contributed by atoms with Gasteiger partial charge in [0.25, 0.3) is 5.91 Å². The van der Waals surface area contributed by atoms with E-state index in [-0.39, 0.29) is 14.8 Å². The summed E-state index contributed by atoms with van der Waals surface area (Å²) in [5, 5.41) is 5.47. The van der Waals surface area contributed by atoms with Crippen molar-refractivity contribution in [2.75, 3.05) is 5.32 Å². The van der Waals surface area contributed by atoms with Crippen molar-refractivity contribution in [1.82, 2.24) is 0 Å². The zero-order valence-corrected chi connectivity index (χ0v) is 15.7. The predicted octanol–water partition coefficient (Wildman–Crippen LogP) is 5.14. The zero-order chi connectivity index (χ0) is 18.0. The van der Waals surface area contributed by atoms with E-state index in [9.17, 15) is 13.2 Å². The van der Waals surface area contributed by atoms with Gasteiger partial charge in [0.05, 0.1) is 4.90 Å². The summed E-state index contributed by atoms with van der Waals surface area (Å²) in [5.74, 6) is -0.410. The summed E-state index contributed by atoms with van der Waals surface area (Å²) in [6.45, 7) is 0. The maximum Gasteiger partial charge on any atom is 0.256 e. The Morgan fingerprint density at radius 3 is 2.04 bits per heavy atom. The van der Waals surface area contributed by atoms with Crippen LogP contribution in [0.3, 0.4) is 0 Å². The summed E-state index contributed by atoms with van der Waals surface area (Å²) in [7, 11) is -3.76. The van der Waals surface area contributed by atoms with Gasteiger partial charge in [-0.3, -0.25) is 4.79 Å². The first-order valence-corrected chi connectivity index (χ1v) is 10.1. The lowest BCUT2D eigenvalue weighted by atomic mass is 10.2. The van der Waals surface area contributed by atoms with Crippen LogP contribution < -0.4 is 5.32 Å². The molecule has 8 heteroatoms. The first kappa shape index (κ1) is 17.9. The van der Waals surface area contributed by atoms with Crippen LogP contribution in [0.15, 0.2) is 69.8 Å². The molecule has 128 valence electrons. The van der Waals surface area contributed by atoms with Crippen LogP contribution in [0, 0.1) is 0 Å². The number of hydrogen-bond donors (Lipinski definition) is 1. The second-order valence-electron chi connectivity index (χ2n) is 5.03. The van der Waals surface area contributed by atoms with Crippen molar-refractivity contribution in [3.8, 4) is 0 Å². The highest BCUT2D eigenvalue weighted by Gasteiger charge is 2.23. The molecule has 1 N–H and O–H groups in total. The monoisotopic (exact) mass is 411 g/mol. The van der Waals surface area contributed by atoms with Crippen molar-refractivity contribution in [3.05, 3.63) is 75.6 Å². The molecule has 0 saturated heterocycles. The van der Waals surface area contributed by atoms with Crippen molar-refractivity contribution >= 4 is 55.3 Å². The fourth-order valence-electron chi connectivity index (χ4n) is 2.12. The van der Waals surface area contributed by atoms with Gasteiger partial charge in [-0.15, -0.1) is 11.3 Å². The first-order valence-electron chi connectivity index (χ1n) is 7.03. The van der Waals surface area contributed by atoms with Gasteiger partial charge in [0.15, 0.2) is 0 Å². The third kappa shape index (κ3) is 3.88. The maximum atomic E-state index is 12.8. The zero-order valence-electron chi connectivity index (χ0n) is 12.6. The van der Waals surface area contributed by atoms with Crippen LogP contribution in [0.2, 0.25) is 10.0 Å². The Morgan fingerprint density at radius 2 is 1.44 bits per heavy atom. The molecule has 1 heterocycles. The minimum absolute atomic E-state index is 0.0436. The summed E-state index contributed by atoms with van der Waals surface area (Å²) in [4.78, 5) is 12.5. The molecular weight excluding hydrogens is 401 g/mol. The SMILES string of the molecule is O=C(Nc1sccc1S(=O)(=O)c1ccc(Cl)cc1)c1ccc(Cl)cc1. The minimum atomic E-state index is -3.76. The van der Waals surface area contributed by atoms with Crippen LogP contribution in [0.4, 0.5) is 5.00 Å². The molecule has 1 amide bonds. The topological polar surface area (TPSA) is 63.2 Å². The number of amides is 1. The van der Waals surface area contributed by atoms with Crippen LogP contribution in [0.1, 0.15) is 10.4 Å². The number of anilines is 1. The molecule has 0 fully saturated rings. The van der Waals surface area contributed by atoms with Gasteiger partial charge in [-0.25, -0.2) is 8.42 Å². The van der Waals surface area contributed by atoms with Crippen LogP contribution >= 0.6 is 34.5 Å². The Bertz CT molecular complexity index is 1010. The Kier molecular flexibility index (Phi) is 5.15. The molecule has 0 aliphatic carbocycles. The van der Waals surface area contributed by atoms with Crippen molar-refractivity contribution in [2.45, 2.75) is 9.79 Å². The van der Waals surface area contributed by atoms with Gasteiger partial charge >= 0.3 is 0 Å². The van der Waals surface area contributed by atoms with Crippen molar-refractivity contribution in [1.29, 1.82) is 0 Å². The van der Waals surface area contributed by atoms with Gasteiger partial charge in [-0.05, 0) is 60.0 Å². The molecule has 0 aliphatic rings. The summed E-state index contributed by atoms with van der Waals surface area (Å²) < 4.78 is 25.6. The Hall–Kier alpha value is -1.86. The summed E-state index contributed by atoms with van der Waals surface area (Å²) in [5.41, 5.74) is 0.382. The van der Waals surface area contributed by atoms with Crippen LogP contribution in [-0.4, -0.2) is 14.3 Å². The number of nitrogens with one attached hydrogen (secondary N) is 1. The number of hydrogen-bond acceptors (Lipinski definition) is 4. The molecule has 3 rings (SSSR count). The van der Waals surface area contributed by atoms with Gasteiger partial charge < -0.3 is 5.32 Å². The summed E-state index contributed by atoms with van der Waals surface area (Å²) in [6.07, 6.45) is 0. The van der Waals surface area contributed by atoms with E-state index in [0.29, 0.717) is 15.6 Å². The lowest BCUT2D eigenvalue weighted by Gasteiger charge is -2.08. The van der Waals surface area contributed by atoms with E-state index in [2.05, 4.69) is 5.32 Å². The first-order chi connectivity index (χ1) is 11.9. The van der Waals surface area contributed by atoms with Crippen molar-refractivity contribution < 1.29 is 13.2 Å². The van der Waals surface area contributed by atoms with Gasteiger partial charge in [0, 0.05) is 15.6 Å². The van der Waals surface area contributed by atoms with Crippen LogP contribution in [0.25, 0.3) is 0 Å². The molecule has 0 atom stereocenters. The number of halogens is 2. The van der Waals surface area contributed by atoms with E-state index in [1.165, 1.54) is 30.3 Å². The molecule has 0 bridgehead atoms. The molecule has 0 aliphatic heterocycles. The lowest BCUT2D eigenvalue weighted by Crippen LogP contribution is -2.13. The largest absolute Gasteiger partial charge is 0.312 e. The maximum absolute atomic E-state index is 12.8. The fraction of sp³-hybridized carbons (Fsp3) is 0. The number of benzene rings is 2. The highest BCUT2D eigenvalue weighted by molar-refractivity contribution is 7.91. The molecule has 2 aromatic carbocycles. The molecule has 0 radical (unpaired) electrons. The predicted molar refractivity (Wildman–Crippen MR) is 101 cm³/mol. The number of thiophene rings is 1. The molecule has 0 unspecified atom stereocenters. The van der Waals surface area contributed by atoms with Crippen LogP contribution in [0.5, 0.6) is 0 Å². The van der Waals surface area contributed by atoms with E-state index in [1.807, 2.05) is 0 Å². The summed E-state index contributed by atoms with van der Waals surface area (Å²) in [6, 6.07) is 13.7. The van der Waals surface area contributed by atoms with Crippen LogP contribution in [-0.2, 0) is 9.84 Å². The normalized spacial score (nSPS) is 11.3. The minimum Gasteiger partial charge on any atom is -0.312 e.